The van der Waals surface area contributed by atoms with Gasteiger partial charge >= 0.3 is 5.97 Å². The van der Waals surface area contributed by atoms with E-state index in [2.05, 4.69) is 5.32 Å². The van der Waals surface area contributed by atoms with Gasteiger partial charge in [0.15, 0.2) is 0 Å². The van der Waals surface area contributed by atoms with Crippen LogP contribution in [-0.2, 0) is 19.8 Å². The third kappa shape index (κ3) is 4.94. The Morgan fingerprint density at radius 2 is 1.89 bits per heavy atom. The number of carboxylic acid groups (broad SMARTS) is 1. The van der Waals surface area contributed by atoms with Gasteiger partial charge in [0.05, 0.1) is 5.69 Å². The van der Waals surface area contributed by atoms with Crippen LogP contribution in [0.15, 0.2) is 24.3 Å². The van der Waals surface area contributed by atoms with Crippen LogP contribution in [-0.4, -0.2) is 25.4 Å². The van der Waals surface area contributed by atoms with Gasteiger partial charge in [0.2, 0.25) is 5.91 Å². The van der Waals surface area contributed by atoms with Gasteiger partial charge in [-0.2, -0.15) is 8.42 Å². The van der Waals surface area contributed by atoms with E-state index in [9.17, 15) is 18.0 Å². The first-order chi connectivity index (χ1) is 8.69. The monoisotopic (exact) mass is 287 g/mol. The van der Waals surface area contributed by atoms with Crippen molar-refractivity contribution >= 4 is 33.5 Å². The highest BCUT2D eigenvalue weighted by atomic mass is 32.2. The van der Waals surface area contributed by atoms with Gasteiger partial charge in [-0.05, 0) is 25.1 Å². The molecule has 0 heterocycles. The minimum absolute atomic E-state index is 0.156. The van der Waals surface area contributed by atoms with Crippen LogP contribution in [0.4, 0.5) is 11.4 Å². The lowest BCUT2D eigenvalue weighted by molar-refractivity contribution is -0.144. The smallest absolute Gasteiger partial charge is 0.315 e. The molecule has 1 aromatic carbocycles. The summed E-state index contributed by atoms with van der Waals surface area (Å²) in [5.74, 6) is -3.17. The second-order valence-electron chi connectivity index (χ2n) is 3.78. The molecule has 0 aliphatic carbocycles. The Kier molecular flexibility index (Phi) is 4.46. The second kappa shape index (κ2) is 5.67. The SMILES string of the molecule is CC(C(=O)O)C(=O)Nc1cccc(NS(N)(=O)=O)c1. The molecule has 5 N–H and O–H groups in total. The van der Waals surface area contributed by atoms with E-state index >= 15 is 0 Å². The first kappa shape index (κ1) is 14.9. The predicted molar refractivity (Wildman–Crippen MR) is 68.6 cm³/mol. The van der Waals surface area contributed by atoms with Crippen molar-refractivity contribution in [2.24, 2.45) is 11.1 Å². The van der Waals surface area contributed by atoms with Gasteiger partial charge in [-0.3, -0.25) is 14.3 Å². The summed E-state index contributed by atoms with van der Waals surface area (Å²) in [5, 5.41) is 15.8. The lowest BCUT2D eigenvalue weighted by Crippen LogP contribution is -2.27. The molecule has 0 radical (unpaired) electrons. The zero-order chi connectivity index (χ0) is 14.6. The highest BCUT2D eigenvalue weighted by molar-refractivity contribution is 7.90. The predicted octanol–water partition coefficient (Wildman–Crippen LogP) is -0.0388. The Bertz CT molecular complexity index is 599. The Balaban J connectivity index is 2.83. The summed E-state index contributed by atoms with van der Waals surface area (Å²) < 4.78 is 23.7. The second-order valence-corrected chi connectivity index (χ2v) is 5.07. The minimum atomic E-state index is -3.91. The van der Waals surface area contributed by atoms with E-state index < -0.39 is 28.0 Å². The molecule has 0 saturated heterocycles. The van der Waals surface area contributed by atoms with Crippen molar-refractivity contribution in [1.29, 1.82) is 0 Å². The Morgan fingerprint density at radius 3 is 2.42 bits per heavy atom. The van der Waals surface area contributed by atoms with E-state index in [0.717, 1.165) is 0 Å². The summed E-state index contributed by atoms with van der Waals surface area (Å²) in [6, 6.07) is 5.72. The molecule has 8 nitrogen and oxygen atoms in total. The number of carbonyl (C=O) groups is 2. The van der Waals surface area contributed by atoms with Gasteiger partial charge in [-0.25, -0.2) is 5.14 Å². The van der Waals surface area contributed by atoms with Crippen molar-refractivity contribution in [3.05, 3.63) is 24.3 Å². The van der Waals surface area contributed by atoms with E-state index in [1.54, 1.807) is 0 Å². The zero-order valence-corrected chi connectivity index (χ0v) is 10.8. The molecular formula is C10H13N3O5S. The molecular weight excluding hydrogens is 274 g/mol. The third-order valence-electron chi connectivity index (χ3n) is 2.15. The summed E-state index contributed by atoms with van der Waals surface area (Å²) in [4.78, 5) is 22.1. The van der Waals surface area contributed by atoms with Crippen LogP contribution in [0.1, 0.15) is 6.92 Å². The van der Waals surface area contributed by atoms with Crippen molar-refractivity contribution in [3.63, 3.8) is 0 Å². The quantitative estimate of drug-likeness (QED) is 0.563. The molecule has 0 aliphatic heterocycles. The van der Waals surface area contributed by atoms with Crippen LogP contribution in [0, 0.1) is 5.92 Å². The number of aliphatic carboxylic acids is 1. The molecule has 0 bridgehead atoms. The average molecular weight is 287 g/mol. The molecule has 1 amide bonds. The fourth-order valence-electron chi connectivity index (χ4n) is 1.19. The summed E-state index contributed by atoms with van der Waals surface area (Å²) in [7, 11) is -3.91. The Hall–Kier alpha value is -2.13. The number of nitrogens with two attached hydrogens (primary N) is 1. The number of amides is 1. The van der Waals surface area contributed by atoms with Crippen LogP contribution in [0.5, 0.6) is 0 Å². The fraction of sp³-hybridized carbons (Fsp3) is 0.200. The summed E-state index contributed by atoms with van der Waals surface area (Å²) in [6.07, 6.45) is 0. The molecule has 0 aromatic heterocycles. The maximum absolute atomic E-state index is 11.5. The van der Waals surface area contributed by atoms with Crippen LogP contribution in [0.25, 0.3) is 0 Å². The van der Waals surface area contributed by atoms with E-state index in [1.807, 2.05) is 4.72 Å². The first-order valence-corrected chi connectivity index (χ1v) is 6.68. The van der Waals surface area contributed by atoms with Crippen LogP contribution in [0.3, 0.4) is 0 Å². The number of rotatable bonds is 5. The minimum Gasteiger partial charge on any atom is -0.481 e. The average Bonchev–Trinajstić information content (AvgIpc) is 2.25. The maximum atomic E-state index is 11.5. The van der Waals surface area contributed by atoms with Crippen molar-refractivity contribution in [3.8, 4) is 0 Å². The Morgan fingerprint density at radius 1 is 1.32 bits per heavy atom. The lowest BCUT2D eigenvalue weighted by Gasteiger charge is -2.10. The molecule has 19 heavy (non-hydrogen) atoms. The molecule has 0 fully saturated rings. The van der Waals surface area contributed by atoms with Gasteiger partial charge in [-0.15, -0.1) is 0 Å². The van der Waals surface area contributed by atoms with Gasteiger partial charge in [0.1, 0.15) is 5.92 Å². The number of benzene rings is 1. The zero-order valence-electron chi connectivity index (χ0n) is 9.95. The maximum Gasteiger partial charge on any atom is 0.315 e. The summed E-state index contributed by atoms with van der Waals surface area (Å²) >= 11 is 0. The van der Waals surface area contributed by atoms with Crippen LogP contribution < -0.4 is 15.2 Å². The van der Waals surface area contributed by atoms with Gasteiger partial charge in [-0.1, -0.05) is 6.07 Å². The van der Waals surface area contributed by atoms with E-state index in [-0.39, 0.29) is 11.4 Å². The summed E-state index contributed by atoms with van der Waals surface area (Å²) in [6.45, 7) is 1.24. The topological polar surface area (TPSA) is 139 Å². The molecule has 9 heteroatoms. The van der Waals surface area contributed by atoms with Crippen LogP contribution in [0.2, 0.25) is 0 Å². The number of anilines is 2. The van der Waals surface area contributed by atoms with Gasteiger partial charge < -0.3 is 10.4 Å². The fourth-order valence-corrected chi connectivity index (χ4v) is 1.64. The summed E-state index contributed by atoms with van der Waals surface area (Å²) in [5.41, 5.74) is 0.412. The highest BCUT2D eigenvalue weighted by Gasteiger charge is 2.20. The number of hydrogen-bond acceptors (Lipinski definition) is 4. The number of nitrogens with one attached hydrogen (secondary N) is 2. The van der Waals surface area contributed by atoms with Gasteiger partial charge in [0, 0.05) is 5.69 Å². The molecule has 0 saturated carbocycles. The van der Waals surface area contributed by atoms with E-state index in [4.69, 9.17) is 10.2 Å². The normalized spacial score (nSPS) is 12.5. The van der Waals surface area contributed by atoms with Gasteiger partial charge in [0.25, 0.3) is 10.2 Å². The van der Waals surface area contributed by atoms with Crippen molar-refractivity contribution in [2.75, 3.05) is 10.0 Å². The van der Waals surface area contributed by atoms with E-state index in [1.165, 1.54) is 31.2 Å². The van der Waals surface area contributed by atoms with Crippen LogP contribution >= 0.6 is 0 Å². The van der Waals surface area contributed by atoms with E-state index in [0.29, 0.717) is 0 Å². The lowest BCUT2D eigenvalue weighted by atomic mass is 10.1. The molecule has 1 rings (SSSR count). The molecule has 0 aliphatic rings. The van der Waals surface area contributed by atoms with Crippen molar-refractivity contribution in [1.82, 2.24) is 0 Å². The number of carbonyl (C=O) groups excluding carboxylic acids is 1. The Labute approximate surface area is 109 Å². The third-order valence-corrected chi connectivity index (χ3v) is 2.67. The molecule has 1 unspecified atom stereocenters. The van der Waals surface area contributed by atoms with Crippen molar-refractivity contribution in [2.45, 2.75) is 6.92 Å². The molecule has 0 spiro atoms. The molecule has 1 atom stereocenters. The number of hydrogen-bond donors (Lipinski definition) is 4. The largest absolute Gasteiger partial charge is 0.481 e. The standard InChI is InChI=1S/C10H13N3O5S/c1-6(10(15)16)9(14)12-7-3-2-4-8(5-7)13-19(11,17)18/h2-6,13H,1H3,(H,12,14)(H,15,16)(H2,11,17,18). The number of carboxylic acids is 1. The highest BCUT2D eigenvalue weighted by Crippen LogP contribution is 2.16. The molecule has 104 valence electrons. The first-order valence-electron chi connectivity index (χ1n) is 5.13. The van der Waals surface area contributed by atoms with Crippen molar-refractivity contribution < 1.29 is 23.1 Å². The molecule has 1 aromatic rings.